The van der Waals surface area contributed by atoms with E-state index >= 15 is 0 Å². The van der Waals surface area contributed by atoms with E-state index in [4.69, 9.17) is 4.74 Å². The zero-order valence-corrected chi connectivity index (χ0v) is 11.1. The van der Waals surface area contributed by atoms with Gasteiger partial charge in [-0.15, -0.1) is 0 Å². The number of ether oxygens (including phenoxy) is 1. The molecule has 16 heavy (non-hydrogen) atoms. The number of hydrogen-bond acceptors (Lipinski definition) is 3. The van der Waals surface area contributed by atoms with Gasteiger partial charge in [-0.3, -0.25) is 4.79 Å². The Hall–Kier alpha value is -0.570. The van der Waals surface area contributed by atoms with E-state index in [1.165, 1.54) is 0 Å². The fourth-order valence-electron chi connectivity index (χ4n) is 2.72. The van der Waals surface area contributed by atoms with E-state index in [1.54, 1.807) is 0 Å². The number of rotatable bonds is 5. The van der Waals surface area contributed by atoms with E-state index in [1.807, 2.05) is 6.92 Å². The first-order chi connectivity index (χ1) is 7.50. The lowest BCUT2D eigenvalue weighted by Gasteiger charge is -2.40. The largest absolute Gasteiger partial charge is 0.465 e. The van der Waals surface area contributed by atoms with Gasteiger partial charge in [-0.25, -0.2) is 0 Å². The van der Waals surface area contributed by atoms with E-state index < -0.39 is 5.54 Å². The summed E-state index contributed by atoms with van der Waals surface area (Å²) in [5, 5.41) is 3.45. The van der Waals surface area contributed by atoms with Crippen LogP contribution in [0.2, 0.25) is 0 Å². The molecule has 3 heteroatoms. The zero-order chi connectivity index (χ0) is 12.2. The maximum absolute atomic E-state index is 12.2. The molecule has 1 saturated carbocycles. The zero-order valence-electron chi connectivity index (χ0n) is 11.1. The molecule has 1 fully saturated rings. The predicted octanol–water partition coefficient (Wildman–Crippen LogP) is 2.50. The first-order valence-electron chi connectivity index (χ1n) is 6.42. The summed E-state index contributed by atoms with van der Waals surface area (Å²) in [4.78, 5) is 12.2. The second-order valence-electron chi connectivity index (χ2n) is 5.29. The van der Waals surface area contributed by atoms with Crippen LogP contribution in [0.1, 0.15) is 53.4 Å². The van der Waals surface area contributed by atoms with Crippen LogP contribution in [-0.4, -0.2) is 24.7 Å². The van der Waals surface area contributed by atoms with Gasteiger partial charge in [-0.2, -0.15) is 0 Å². The Balaban J connectivity index is 2.88. The summed E-state index contributed by atoms with van der Waals surface area (Å²) < 4.78 is 5.26. The third-order valence-corrected chi connectivity index (χ3v) is 3.81. The Kier molecular flexibility index (Phi) is 4.36. The molecule has 0 amide bonds. The molecular weight excluding hydrogens is 202 g/mol. The average molecular weight is 227 g/mol. The first kappa shape index (κ1) is 13.5. The van der Waals surface area contributed by atoms with Crippen LogP contribution in [0.5, 0.6) is 0 Å². The van der Waals surface area contributed by atoms with Crippen molar-refractivity contribution < 1.29 is 9.53 Å². The van der Waals surface area contributed by atoms with Gasteiger partial charge in [0.2, 0.25) is 0 Å². The van der Waals surface area contributed by atoms with Gasteiger partial charge in [0.05, 0.1) is 6.61 Å². The van der Waals surface area contributed by atoms with Crippen molar-refractivity contribution in [1.82, 2.24) is 5.32 Å². The van der Waals surface area contributed by atoms with Gasteiger partial charge in [0.25, 0.3) is 0 Å². The third kappa shape index (κ3) is 2.24. The fraction of sp³-hybridized carbons (Fsp3) is 0.923. The van der Waals surface area contributed by atoms with Crippen LogP contribution in [0, 0.1) is 5.41 Å². The molecule has 0 heterocycles. The van der Waals surface area contributed by atoms with Crippen LogP contribution in [0.15, 0.2) is 0 Å². The van der Waals surface area contributed by atoms with Crippen molar-refractivity contribution in [1.29, 1.82) is 0 Å². The minimum atomic E-state index is -0.459. The Morgan fingerprint density at radius 3 is 2.44 bits per heavy atom. The van der Waals surface area contributed by atoms with E-state index in [9.17, 15) is 4.79 Å². The van der Waals surface area contributed by atoms with Crippen molar-refractivity contribution in [2.24, 2.45) is 5.41 Å². The van der Waals surface area contributed by atoms with E-state index in [0.717, 1.165) is 32.2 Å². The number of carbonyl (C=O) groups excluding carboxylic acids is 1. The summed E-state index contributed by atoms with van der Waals surface area (Å²) in [6, 6.07) is 0. The second kappa shape index (κ2) is 5.17. The summed E-state index contributed by atoms with van der Waals surface area (Å²) in [5.41, 5.74) is -0.465. The molecule has 0 radical (unpaired) electrons. The van der Waals surface area contributed by atoms with E-state index in [-0.39, 0.29) is 11.4 Å². The number of hydrogen-bond donors (Lipinski definition) is 1. The van der Waals surface area contributed by atoms with Gasteiger partial charge in [0, 0.05) is 0 Å². The highest BCUT2D eigenvalue weighted by Crippen LogP contribution is 2.46. The Bertz CT molecular complexity index is 250. The lowest BCUT2D eigenvalue weighted by atomic mass is 9.74. The summed E-state index contributed by atoms with van der Waals surface area (Å²) in [6.45, 7) is 9.66. The van der Waals surface area contributed by atoms with Crippen molar-refractivity contribution in [2.45, 2.75) is 58.9 Å². The Labute approximate surface area is 98.9 Å². The lowest BCUT2D eigenvalue weighted by molar-refractivity contribution is -0.155. The molecule has 0 aromatic rings. The number of carbonyl (C=O) groups is 1. The molecule has 1 atom stereocenters. The van der Waals surface area contributed by atoms with Crippen molar-refractivity contribution in [3.05, 3.63) is 0 Å². The maximum Gasteiger partial charge on any atom is 0.326 e. The van der Waals surface area contributed by atoms with Crippen molar-refractivity contribution in [2.75, 3.05) is 13.2 Å². The standard InChI is InChI=1S/C13H25NO2/c1-5-10-14-13(11(15)16-6-2)9-7-8-12(13,3)4/h14H,5-10H2,1-4H3. The van der Waals surface area contributed by atoms with Crippen molar-refractivity contribution in [3.63, 3.8) is 0 Å². The molecular formula is C13H25NO2. The van der Waals surface area contributed by atoms with E-state index in [0.29, 0.717) is 6.61 Å². The summed E-state index contributed by atoms with van der Waals surface area (Å²) in [6.07, 6.45) is 4.13. The lowest BCUT2D eigenvalue weighted by Crippen LogP contribution is -2.59. The fourth-order valence-corrected chi connectivity index (χ4v) is 2.72. The summed E-state index contributed by atoms with van der Waals surface area (Å²) >= 11 is 0. The molecule has 0 bridgehead atoms. The smallest absolute Gasteiger partial charge is 0.326 e. The topological polar surface area (TPSA) is 38.3 Å². The molecule has 1 unspecified atom stereocenters. The molecule has 94 valence electrons. The molecule has 0 saturated heterocycles. The highest BCUT2D eigenvalue weighted by atomic mass is 16.5. The van der Waals surface area contributed by atoms with Crippen LogP contribution < -0.4 is 5.32 Å². The molecule has 3 nitrogen and oxygen atoms in total. The average Bonchev–Trinajstić information content (AvgIpc) is 2.52. The summed E-state index contributed by atoms with van der Waals surface area (Å²) in [5.74, 6) is -0.0639. The Morgan fingerprint density at radius 2 is 2.00 bits per heavy atom. The van der Waals surface area contributed by atoms with Crippen molar-refractivity contribution in [3.8, 4) is 0 Å². The highest BCUT2D eigenvalue weighted by Gasteiger charge is 2.54. The van der Waals surface area contributed by atoms with Crippen LogP contribution in [-0.2, 0) is 9.53 Å². The molecule has 1 rings (SSSR count). The number of esters is 1. The highest BCUT2D eigenvalue weighted by molar-refractivity contribution is 5.82. The van der Waals surface area contributed by atoms with Crippen LogP contribution in [0.4, 0.5) is 0 Å². The molecule has 1 N–H and O–H groups in total. The third-order valence-electron chi connectivity index (χ3n) is 3.81. The minimum Gasteiger partial charge on any atom is -0.465 e. The number of nitrogens with one attached hydrogen (secondary N) is 1. The second-order valence-corrected chi connectivity index (χ2v) is 5.29. The predicted molar refractivity (Wildman–Crippen MR) is 65.3 cm³/mol. The van der Waals surface area contributed by atoms with Crippen molar-refractivity contribution >= 4 is 5.97 Å². The van der Waals surface area contributed by atoms with Gasteiger partial charge in [0.1, 0.15) is 5.54 Å². The quantitative estimate of drug-likeness (QED) is 0.733. The van der Waals surface area contributed by atoms with Crippen LogP contribution in [0.3, 0.4) is 0 Å². The SMILES string of the molecule is CCCNC1(C(=O)OCC)CCCC1(C)C. The molecule has 1 aliphatic rings. The maximum atomic E-state index is 12.2. The van der Waals surface area contributed by atoms with Crippen LogP contribution in [0.25, 0.3) is 0 Å². The van der Waals surface area contributed by atoms with Gasteiger partial charge in [-0.1, -0.05) is 27.2 Å². The summed E-state index contributed by atoms with van der Waals surface area (Å²) in [7, 11) is 0. The molecule has 0 aliphatic heterocycles. The monoisotopic (exact) mass is 227 g/mol. The normalized spacial score (nSPS) is 28.0. The van der Waals surface area contributed by atoms with Gasteiger partial charge in [-0.05, 0) is 38.1 Å². The minimum absolute atomic E-state index is 0.00553. The van der Waals surface area contributed by atoms with Gasteiger partial charge < -0.3 is 10.1 Å². The Morgan fingerprint density at radius 1 is 1.31 bits per heavy atom. The van der Waals surface area contributed by atoms with E-state index in [2.05, 4.69) is 26.1 Å². The molecule has 0 spiro atoms. The molecule has 0 aromatic heterocycles. The molecule has 0 aromatic carbocycles. The first-order valence-corrected chi connectivity index (χ1v) is 6.42. The van der Waals surface area contributed by atoms with Gasteiger partial charge >= 0.3 is 5.97 Å². The van der Waals surface area contributed by atoms with Crippen LogP contribution >= 0.6 is 0 Å². The van der Waals surface area contributed by atoms with Gasteiger partial charge in [0.15, 0.2) is 0 Å². The molecule has 1 aliphatic carbocycles.